The van der Waals surface area contributed by atoms with Gasteiger partial charge < -0.3 is 10.1 Å². The van der Waals surface area contributed by atoms with Gasteiger partial charge in [-0.15, -0.1) is 0 Å². The summed E-state index contributed by atoms with van der Waals surface area (Å²) >= 11 is 5.94. The molecule has 0 aromatic heterocycles. The zero-order valence-electron chi connectivity index (χ0n) is 13.5. The highest BCUT2D eigenvalue weighted by Gasteiger charge is 2.20. The summed E-state index contributed by atoms with van der Waals surface area (Å²) in [6.07, 6.45) is -0.873. The van der Waals surface area contributed by atoms with Gasteiger partial charge in [0.1, 0.15) is 11.6 Å². The van der Waals surface area contributed by atoms with Crippen molar-refractivity contribution in [2.45, 2.75) is 26.0 Å². The maximum atomic E-state index is 12.9. The highest BCUT2D eigenvalue weighted by molar-refractivity contribution is 6.32. The molecular weight excluding hydrogens is 351 g/mol. The molecule has 0 aliphatic carbocycles. The number of carbonyl (C=O) groups excluding carboxylic acids is 1. The molecular formula is C17H16ClFN2O4. The summed E-state index contributed by atoms with van der Waals surface area (Å²) in [4.78, 5) is 22.3. The van der Waals surface area contributed by atoms with Crippen LogP contribution in [0.15, 0.2) is 42.5 Å². The number of non-ortho nitro benzene ring substituents is 1. The molecule has 132 valence electrons. The van der Waals surface area contributed by atoms with Crippen molar-refractivity contribution >= 4 is 23.2 Å². The van der Waals surface area contributed by atoms with Crippen LogP contribution in [-0.2, 0) is 4.79 Å². The predicted molar refractivity (Wildman–Crippen MR) is 91.2 cm³/mol. The van der Waals surface area contributed by atoms with Crippen molar-refractivity contribution in [3.8, 4) is 5.75 Å². The van der Waals surface area contributed by atoms with Crippen LogP contribution in [0.25, 0.3) is 0 Å². The third kappa shape index (κ3) is 4.90. The van der Waals surface area contributed by atoms with Crippen molar-refractivity contribution in [3.63, 3.8) is 0 Å². The van der Waals surface area contributed by atoms with Gasteiger partial charge in [-0.25, -0.2) is 4.39 Å². The summed E-state index contributed by atoms with van der Waals surface area (Å²) in [6, 6.07) is 9.19. The van der Waals surface area contributed by atoms with E-state index in [1.54, 1.807) is 19.1 Å². The molecule has 0 radical (unpaired) electrons. The monoisotopic (exact) mass is 366 g/mol. The minimum absolute atomic E-state index is 0.0421. The number of halogens is 2. The maximum absolute atomic E-state index is 12.9. The van der Waals surface area contributed by atoms with Gasteiger partial charge in [-0.1, -0.05) is 23.7 Å². The Kier molecular flexibility index (Phi) is 5.93. The second kappa shape index (κ2) is 7.94. The van der Waals surface area contributed by atoms with E-state index in [2.05, 4.69) is 5.32 Å². The number of amides is 1. The number of benzene rings is 2. The van der Waals surface area contributed by atoms with Crippen molar-refractivity contribution in [1.29, 1.82) is 0 Å². The van der Waals surface area contributed by atoms with E-state index in [1.807, 2.05) is 0 Å². The Hall–Kier alpha value is -2.67. The van der Waals surface area contributed by atoms with Crippen molar-refractivity contribution in [3.05, 3.63) is 69.0 Å². The zero-order chi connectivity index (χ0) is 18.6. The van der Waals surface area contributed by atoms with Crippen LogP contribution in [0.5, 0.6) is 5.75 Å². The highest BCUT2D eigenvalue weighted by Crippen LogP contribution is 2.29. The number of carbonyl (C=O) groups is 1. The first-order valence-corrected chi connectivity index (χ1v) is 7.82. The lowest BCUT2D eigenvalue weighted by Crippen LogP contribution is -2.37. The minimum Gasteiger partial charge on any atom is -0.479 e. The van der Waals surface area contributed by atoms with Gasteiger partial charge in [0.25, 0.3) is 11.6 Å². The normalized spacial score (nSPS) is 13.0. The minimum atomic E-state index is -0.873. The Labute approximate surface area is 148 Å². The summed E-state index contributed by atoms with van der Waals surface area (Å²) in [5.74, 6) is -0.581. The molecule has 1 N–H and O–H groups in total. The number of nitrogens with one attached hydrogen (secondary N) is 1. The van der Waals surface area contributed by atoms with Crippen LogP contribution in [0.1, 0.15) is 25.5 Å². The predicted octanol–water partition coefficient (Wildman–Crippen LogP) is 4.03. The number of nitrogens with zero attached hydrogens (tertiary/aromatic N) is 1. The summed E-state index contributed by atoms with van der Waals surface area (Å²) in [7, 11) is 0. The molecule has 1 amide bonds. The summed E-state index contributed by atoms with van der Waals surface area (Å²) in [5.41, 5.74) is 0.578. The molecule has 0 unspecified atom stereocenters. The van der Waals surface area contributed by atoms with Crippen LogP contribution in [0.3, 0.4) is 0 Å². The quantitative estimate of drug-likeness (QED) is 0.618. The molecule has 0 fully saturated rings. The van der Waals surface area contributed by atoms with E-state index in [9.17, 15) is 19.3 Å². The Morgan fingerprint density at radius 2 is 1.88 bits per heavy atom. The number of nitro benzene ring substituents is 1. The first-order valence-electron chi connectivity index (χ1n) is 7.44. The third-order valence-corrected chi connectivity index (χ3v) is 3.82. The molecule has 2 atom stereocenters. The van der Waals surface area contributed by atoms with Crippen LogP contribution >= 0.6 is 11.6 Å². The van der Waals surface area contributed by atoms with Crippen LogP contribution in [-0.4, -0.2) is 16.9 Å². The van der Waals surface area contributed by atoms with E-state index in [0.717, 1.165) is 11.6 Å². The van der Waals surface area contributed by atoms with Crippen molar-refractivity contribution in [1.82, 2.24) is 5.32 Å². The van der Waals surface area contributed by atoms with E-state index in [0.29, 0.717) is 0 Å². The Bertz CT molecular complexity index is 783. The Balaban J connectivity index is 2.00. The Morgan fingerprint density at radius 3 is 2.44 bits per heavy atom. The average Bonchev–Trinajstić information content (AvgIpc) is 2.56. The molecule has 0 saturated heterocycles. The van der Waals surface area contributed by atoms with Gasteiger partial charge in [0.05, 0.1) is 16.0 Å². The van der Waals surface area contributed by atoms with Crippen LogP contribution in [0.2, 0.25) is 5.02 Å². The fourth-order valence-electron chi connectivity index (χ4n) is 2.11. The van der Waals surface area contributed by atoms with Gasteiger partial charge in [0.15, 0.2) is 6.10 Å². The molecule has 0 bridgehead atoms. The highest BCUT2D eigenvalue weighted by atomic mass is 35.5. The van der Waals surface area contributed by atoms with Crippen molar-refractivity contribution in [2.75, 3.05) is 0 Å². The number of hydrogen-bond donors (Lipinski definition) is 1. The smallest absolute Gasteiger partial charge is 0.271 e. The molecule has 0 aliphatic rings. The van der Waals surface area contributed by atoms with Crippen LogP contribution in [0, 0.1) is 15.9 Å². The summed E-state index contributed by atoms with van der Waals surface area (Å²) in [6.45, 7) is 3.29. The fraction of sp³-hybridized carbons (Fsp3) is 0.235. The van der Waals surface area contributed by atoms with Crippen LogP contribution < -0.4 is 10.1 Å². The average molecular weight is 367 g/mol. The van der Waals surface area contributed by atoms with Gasteiger partial charge >= 0.3 is 0 Å². The number of nitro groups is 1. The third-order valence-electron chi connectivity index (χ3n) is 3.53. The van der Waals surface area contributed by atoms with Gasteiger partial charge in [-0.05, 0) is 37.6 Å². The lowest BCUT2D eigenvalue weighted by Gasteiger charge is -2.19. The number of ether oxygens (including phenoxy) is 1. The van der Waals surface area contributed by atoms with Crippen molar-refractivity contribution in [2.24, 2.45) is 0 Å². The van der Waals surface area contributed by atoms with Gasteiger partial charge in [-0.3, -0.25) is 14.9 Å². The van der Waals surface area contributed by atoms with Gasteiger partial charge in [0.2, 0.25) is 0 Å². The summed E-state index contributed by atoms with van der Waals surface area (Å²) in [5, 5.41) is 13.5. The molecule has 25 heavy (non-hydrogen) atoms. The van der Waals surface area contributed by atoms with E-state index in [-0.39, 0.29) is 28.3 Å². The second-order valence-electron chi connectivity index (χ2n) is 5.41. The lowest BCUT2D eigenvalue weighted by molar-refractivity contribution is -0.384. The molecule has 6 nitrogen and oxygen atoms in total. The lowest BCUT2D eigenvalue weighted by atomic mass is 10.1. The largest absolute Gasteiger partial charge is 0.479 e. The summed E-state index contributed by atoms with van der Waals surface area (Å²) < 4.78 is 18.4. The SMILES string of the molecule is C[C@H](Oc1ccc([N+](=O)[O-])cc1Cl)C(=O)N[C@H](C)c1ccc(F)cc1. The second-order valence-corrected chi connectivity index (χ2v) is 5.82. The number of hydrogen-bond acceptors (Lipinski definition) is 4. The van der Waals surface area contributed by atoms with Crippen LogP contribution in [0.4, 0.5) is 10.1 Å². The Morgan fingerprint density at radius 1 is 1.24 bits per heavy atom. The van der Waals surface area contributed by atoms with E-state index in [1.165, 1.54) is 31.2 Å². The number of rotatable bonds is 6. The fourth-order valence-corrected chi connectivity index (χ4v) is 2.33. The first kappa shape index (κ1) is 18.7. The molecule has 2 aromatic carbocycles. The standard InChI is InChI=1S/C17H16ClFN2O4/c1-10(12-3-5-13(19)6-4-12)20-17(22)11(2)25-16-8-7-14(21(23)24)9-15(16)18/h3-11H,1-2H3,(H,20,22)/t10-,11+/m1/s1. The topological polar surface area (TPSA) is 81.5 Å². The van der Waals surface area contributed by atoms with Crippen molar-refractivity contribution < 1.29 is 18.8 Å². The molecule has 2 rings (SSSR count). The van der Waals surface area contributed by atoms with E-state index in [4.69, 9.17) is 16.3 Å². The maximum Gasteiger partial charge on any atom is 0.271 e. The molecule has 0 saturated carbocycles. The zero-order valence-corrected chi connectivity index (χ0v) is 14.3. The molecule has 8 heteroatoms. The molecule has 0 heterocycles. The van der Waals surface area contributed by atoms with E-state index >= 15 is 0 Å². The van der Waals surface area contributed by atoms with Gasteiger partial charge in [-0.2, -0.15) is 0 Å². The van der Waals surface area contributed by atoms with Gasteiger partial charge in [0, 0.05) is 12.1 Å². The molecule has 0 aliphatic heterocycles. The molecule has 2 aromatic rings. The first-order chi connectivity index (χ1) is 11.8. The van der Waals surface area contributed by atoms with E-state index < -0.39 is 16.9 Å². The molecule has 0 spiro atoms.